The fourth-order valence-electron chi connectivity index (χ4n) is 2.40. The number of likely N-dealkylation sites (tertiary alicyclic amines) is 1. The number of carboxylic acid groups (broad SMARTS) is 1. The second-order valence-corrected chi connectivity index (χ2v) is 5.23. The topological polar surface area (TPSA) is 40.5 Å². The van der Waals surface area contributed by atoms with E-state index in [0.717, 1.165) is 23.1 Å². The molecule has 0 aliphatic carbocycles. The van der Waals surface area contributed by atoms with E-state index in [4.69, 9.17) is 5.11 Å². The summed E-state index contributed by atoms with van der Waals surface area (Å²) in [5.41, 5.74) is 1.08. The first kappa shape index (κ1) is 12.6. The van der Waals surface area contributed by atoms with Crippen molar-refractivity contribution in [3.63, 3.8) is 0 Å². The van der Waals surface area contributed by atoms with Gasteiger partial charge in [0.2, 0.25) is 0 Å². The molecule has 0 radical (unpaired) electrons. The van der Waals surface area contributed by atoms with Crippen LogP contribution >= 0.6 is 15.9 Å². The summed E-state index contributed by atoms with van der Waals surface area (Å²) in [6.45, 7) is 2.00. The molecule has 17 heavy (non-hydrogen) atoms. The van der Waals surface area contributed by atoms with Crippen molar-refractivity contribution in [2.75, 3.05) is 13.1 Å². The van der Waals surface area contributed by atoms with E-state index >= 15 is 0 Å². The maximum atomic E-state index is 11.0. The van der Waals surface area contributed by atoms with Gasteiger partial charge in [-0.15, -0.1) is 0 Å². The summed E-state index contributed by atoms with van der Waals surface area (Å²) in [6, 6.07) is 7.89. The van der Waals surface area contributed by atoms with E-state index in [1.54, 1.807) is 0 Å². The van der Waals surface area contributed by atoms with Crippen LogP contribution in [0.15, 0.2) is 28.7 Å². The van der Waals surface area contributed by atoms with Gasteiger partial charge in [-0.25, -0.2) is 0 Å². The van der Waals surface area contributed by atoms with Crippen molar-refractivity contribution in [3.05, 3.63) is 34.3 Å². The van der Waals surface area contributed by atoms with Crippen molar-refractivity contribution < 1.29 is 9.90 Å². The van der Waals surface area contributed by atoms with Crippen molar-refractivity contribution >= 4 is 21.9 Å². The molecule has 0 saturated carbocycles. The highest BCUT2D eigenvalue weighted by Crippen LogP contribution is 2.32. The van der Waals surface area contributed by atoms with Crippen molar-refractivity contribution in [2.45, 2.75) is 25.3 Å². The number of carbonyl (C=O) groups is 1. The Morgan fingerprint density at radius 1 is 1.35 bits per heavy atom. The van der Waals surface area contributed by atoms with E-state index in [1.807, 2.05) is 24.3 Å². The molecule has 1 fully saturated rings. The Kier molecular flexibility index (Phi) is 4.18. The summed E-state index contributed by atoms with van der Waals surface area (Å²) in [6.07, 6.45) is 2.50. The maximum Gasteiger partial charge on any atom is 0.305 e. The van der Waals surface area contributed by atoms with Gasteiger partial charge in [0, 0.05) is 10.5 Å². The van der Waals surface area contributed by atoms with Crippen LogP contribution in [0.1, 0.15) is 30.9 Å². The number of hydrogen-bond donors (Lipinski definition) is 1. The van der Waals surface area contributed by atoms with E-state index in [-0.39, 0.29) is 12.5 Å². The minimum Gasteiger partial charge on any atom is -0.481 e. The molecule has 0 amide bonds. The Labute approximate surface area is 110 Å². The molecule has 0 spiro atoms. The summed E-state index contributed by atoms with van der Waals surface area (Å²) >= 11 is 3.51. The number of benzene rings is 1. The number of aliphatic carboxylic acids is 1. The van der Waals surface area contributed by atoms with E-state index in [1.165, 1.54) is 12.8 Å². The largest absolute Gasteiger partial charge is 0.481 e. The fourth-order valence-corrected chi connectivity index (χ4v) is 2.95. The lowest BCUT2D eigenvalue weighted by Gasteiger charge is -2.27. The highest BCUT2D eigenvalue weighted by Gasteiger charge is 2.26. The molecule has 1 heterocycles. The van der Waals surface area contributed by atoms with E-state index in [9.17, 15) is 4.79 Å². The molecule has 1 atom stereocenters. The third-order valence-electron chi connectivity index (χ3n) is 3.21. The van der Waals surface area contributed by atoms with Crippen LogP contribution < -0.4 is 0 Å². The number of hydrogen-bond acceptors (Lipinski definition) is 2. The molecule has 2 rings (SSSR count). The van der Waals surface area contributed by atoms with Gasteiger partial charge in [-0.2, -0.15) is 0 Å². The zero-order chi connectivity index (χ0) is 12.3. The Balaban J connectivity index is 2.25. The average molecular weight is 298 g/mol. The highest BCUT2D eigenvalue weighted by molar-refractivity contribution is 9.10. The average Bonchev–Trinajstić information content (AvgIpc) is 2.80. The Bertz CT molecular complexity index is 402. The maximum absolute atomic E-state index is 11.0. The van der Waals surface area contributed by atoms with Gasteiger partial charge in [0.05, 0.1) is 6.42 Å². The van der Waals surface area contributed by atoms with Crippen LogP contribution in [0.25, 0.3) is 0 Å². The first-order valence-corrected chi connectivity index (χ1v) is 6.68. The molecule has 1 saturated heterocycles. The highest BCUT2D eigenvalue weighted by atomic mass is 79.9. The quantitative estimate of drug-likeness (QED) is 0.928. The third kappa shape index (κ3) is 3.07. The van der Waals surface area contributed by atoms with Gasteiger partial charge in [0.15, 0.2) is 0 Å². The van der Waals surface area contributed by atoms with Crippen LogP contribution in [0.2, 0.25) is 0 Å². The molecular formula is C13H16BrNO2. The minimum absolute atomic E-state index is 0.00873. The number of nitrogens with zero attached hydrogens (tertiary/aromatic N) is 1. The standard InChI is InChI=1S/C13H16BrNO2/c14-11-6-2-1-5-10(11)12(9-13(16)17)15-7-3-4-8-15/h1-2,5-6,12H,3-4,7-9H2,(H,16,17). The second kappa shape index (κ2) is 5.65. The van der Waals surface area contributed by atoms with Crippen LogP contribution in [-0.2, 0) is 4.79 Å². The number of rotatable bonds is 4. The van der Waals surface area contributed by atoms with Crippen LogP contribution in [-0.4, -0.2) is 29.1 Å². The number of halogens is 1. The van der Waals surface area contributed by atoms with Gasteiger partial charge in [0.25, 0.3) is 0 Å². The molecule has 1 unspecified atom stereocenters. The lowest BCUT2D eigenvalue weighted by molar-refractivity contribution is -0.138. The first-order chi connectivity index (χ1) is 8.18. The van der Waals surface area contributed by atoms with Crippen molar-refractivity contribution in [1.82, 2.24) is 4.90 Å². The zero-order valence-electron chi connectivity index (χ0n) is 9.60. The van der Waals surface area contributed by atoms with E-state index in [0.29, 0.717) is 0 Å². The molecule has 0 aromatic heterocycles. The van der Waals surface area contributed by atoms with Crippen molar-refractivity contribution in [1.29, 1.82) is 0 Å². The summed E-state index contributed by atoms with van der Waals surface area (Å²) in [5.74, 6) is -0.738. The third-order valence-corrected chi connectivity index (χ3v) is 3.94. The first-order valence-electron chi connectivity index (χ1n) is 5.89. The lowest BCUT2D eigenvalue weighted by atomic mass is 10.0. The smallest absolute Gasteiger partial charge is 0.305 e. The van der Waals surface area contributed by atoms with Crippen LogP contribution in [0, 0.1) is 0 Å². The molecular weight excluding hydrogens is 282 g/mol. The SMILES string of the molecule is O=C(O)CC(c1ccccc1Br)N1CCCC1. The molecule has 1 aliphatic heterocycles. The molecule has 3 nitrogen and oxygen atoms in total. The molecule has 4 heteroatoms. The van der Waals surface area contributed by atoms with Gasteiger partial charge in [0.1, 0.15) is 0 Å². The molecule has 1 N–H and O–H groups in total. The Hall–Kier alpha value is -0.870. The predicted molar refractivity (Wildman–Crippen MR) is 69.9 cm³/mol. The molecule has 1 aliphatic rings. The summed E-state index contributed by atoms with van der Waals surface area (Å²) in [7, 11) is 0. The Morgan fingerprint density at radius 2 is 2.00 bits per heavy atom. The van der Waals surface area contributed by atoms with E-state index in [2.05, 4.69) is 20.8 Å². The normalized spacial score (nSPS) is 18.2. The molecule has 0 bridgehead atoms. The van der Waals surface area contributed by atoms with Crippen LogP contribution in [0.3, 0.4) is 0 Å². The van der Waals surface area contributed by atoms with Crippen molar-refractivity contribution in [2.24, 2.45) is 0 Å². The number of carboxylic acids is 1. The van der Waals surface area contributed by atoms with Gasteiger partial charge < -0.3 is 5.11 Å². The predicted octanol–water partition coefficient (Wildman–Crippen LogP) is 3.06. The molecule has 1 aromatic rings. The van der Waals surface area contributed by atoms with Gasteiger partial charge in [-0.05, 0) is 37.6 Å². The summed E-state index contributed by atoms with van der Waals surface area (Å²) < 4.78 is 0.998. The van der Waals surface area contributed by atoms with Gasteiger partial charge in [-0.1, -0.05) is 34.1 Å². The fraction of sp³-hybridized carbons (Fsp3) is 0.462. The van der Waals surface area contributed by atoms with Gasteiger partial charge >= 0.3 is 5.97 Å². The van der Waals surface area contributed by atoms with Crippen LogP contribution in [0.4, 0.5) is 0 Å². The van der Waals surface area contributed by atoms with Crippen LogP contribution in [0.5, 0.6) is 0 Å². The van der Waals surface area contributed by atoms with E-state index < -0.39 is 5.97 Å². The van der Waals surface area contributed by atoms with Gasteiger partial charge in [-0.3, -0.25) is 9.69 Å². The minimum atomic E-state index is -0.738. The summed E-state index contributed by atoms with van der Waals surface area (Å²) in [4.78, 5) is 13.3. The monoisotopic (exact) mass is 297 g/mol. The molecule has 1 aromatic carbocycles. The Morgan fingerprint density at radius 3 is 2.59 bits per heavy atom. The lowest BCUT2D eigenvalue weighted by Crippen LogP contribution is -2.27. The second-order valence-electron chi connectivity index (χ2n) is 4.38. The van der Waals surface area contributed by atoms with Crippen molar-refractivity contribution in [3.8, 4) is 0 Å². The molecule has 92 valence electrons. The summed E-state index contributed by atoms with van der Waals surface area (Å²) in [5, 5.41) is 9.05. The zero-order valence-corrected chi connectivity index (χ0v) is 11.2.